The van der Waals surface area contributed by atoms with Gasteiger partial charge in [-0.05, 0) is 36.8 Å². The minimum absolute atomic E-state index is 0.115. The number of fused-ring (bicyclic) bond motifs is 1. The van der Waals surface area contributed by atoms with E-state index >= 15 is 0 Å². The predicted molar refractivity (Wildman–Crippen MR) is 111 cm³/mol. The Morgan fingerprint density at radius 2 is 2.03 bits per heavy atom. The number of ketones is 1. The fourth-order valence-electron chi connectivity index (χ4n) is 4.29. The van der Waals surface area contributed by atoms with Gasteiger partial charge in [-0.15, -0.1) is 0 Å². The van der Waals surface area contributed by atoms with Crippen molar-refractivity contribution in [1.82, 2.24) is 4.98 Å². The van der Waals surface area contributed by atoms with E-state index in [0.29, 0.717) is 30.7 Å². The molecule has 0 aromatic carbocycles. The molecule has 2 unspecified atom stereocenters. The van der Waals surface area contributed by atoms with Gasteiger partial charge < -0.3 is 9.47 Å². The van der Waals surface area contributed by atoms with Crippen LogP contribution in [0.3, 0.4) is 0 Å². The fourth-order valence-corrected chi connectivity index (χ4v) is 4.29. The summed E-state index contributed by atoms with van der Waals surface area (Å²) in [4.78, 5) is 35.3. The van der Waals surface area contributed by atoms with Crippen molar-refractivity contribution in [1.29, 1.82) is 0 Å². The number of aromatic nitrogens is 1. The average molecular weight is 399 g/mol. The molecule has 29 heavy (non-hydrogen) atoms. The molecule has 1 aliphatic carbocycles. The van der Waals surface area contributed by atoms with Crippen LogP contribution >= 0.6 is 0 Å². The van der Waals surface area contributed by atoms with E-state index in [1.807, 2.05) is 19.1 Å². The first-order chi connectivity index (χ1) is 13.9. The minimum Gasteiger partial charge on any atom is -0.463 e. The SMILES string of the molecule is CCCOCC1=C(C(=O)OCC)C(c2cccnc2)C2C(=O)CC(C)(C)CC2=N1. The molecule has 3 rings (SSSR count). The van der Waals surface area contributed by atoms with E-state index in [9.17, 15) is 9.59 Å². The first kappa shape index (κ1) is 21.4. The lowest BCUT2D eigenvalue weighted by molar-refractivity contribution is -0.139. The highest BCUT2D eigenvalue weighted by Gasteiger charge is 2.48. The molecule has 1 saturated carbocycles. The van der Waals surface area contributed by atoms with Gasteiger partial charge in [0.2, 0.25) is 0 Å². The third-order valence-corrected chi connectivity index (χ3v) is 5.38. The molecular formula is C23H30N2O4. The molecule has 1 aromatic heterocycles. The lowest BCUT2D eigenvalue weighted by atomic mass is 9.63. The quantitative estimate of drug-likeness (QED) is 0.515. The van der Waals surface area contributed by atoms with Gasteiger partial charge in [-0.25, -0.2) is 4.79 Å². The van der Waals surface area contributed by atoms with Gasteiger partial charge in [0.25, 0.3) is 0 Å². The molecule has 0 radical (unpaired) electrons. The van der Waals surface area contributed by atoms with Crippen LogP contribution in [0, 0.1) is 11.3 Å². The molecule has 1 aliphatic heterocycles. The van der Waals surface area contributed by atoms with Crippen LogP contribution in [0.5, 0.6) is 0 Å². The maximum atomic E-state index is 13.2. The molecule has 2 heterocycles. The lowest BCUT2D eigenvalue weighted by Gasteiger charge is -2.41. The normalized spacial score (nSPS) is 23.4. The second-order valence-corrected chi connectivity index (χ2v) is 8.46. The molecule has 6 nitrogen and oxygen atoms in total. The summed E-state index contributed by atoms with van der Waals surface area (Å²) in [5.41, 5.74) is 2.51. The van der Waals surface area contributed by atoms with Crippen molar-refractivity contribution in [3.8, 4) is 0 Å². The van der Waals surface area contributed by atoms with Crippen LogP contribution in [0.25, 0.3) is 0 Å². The maximum absolute atomic E-state index is 13.2. The van der Waals surface area contributed by atoms with Crippen molar-refractivity contribution in [2.45, 2.75) is 52.9 Å². The summed E-state index contributed by atoms with van der Waals surface area (Å²) in [6.07, 6.45) is 5.47. The molecule has 1 aromatic rings. The van der Waals surface area contributed by atoms with Crippen molar-refractivity contribution in [2.75, 3.05) is 19.8 Å². The Morgan fingerprint density at radius 3 is 2.69 bits per heavy atom. The van der Waals surface area contributed by atoms with Crippen molar-refractivity contribution in [2.24, 2.45) is 16.3 Å². The molecule has 0 N–H and O–H groups in total. The van der Waals surface area contributed by atoms with Crippen LogP contribution in [0.1, 0.15) is 58.4 Å². The van der Waals surface area contributed by atoms with Crippen LogP contribution in [-0.4, -0.2) is 42.3 Å². The first-order valence-corrected chi connectivity index (χ1v) is 10.4. The predicted octanol–water partition coefficient (Wildman–Crippen LogP) is 3.87. The molecule has 156 valence electrons. The summed E-state index contributed by atoms with van der Waals surface area (Å²) in [6.45, 7) is 9.04. The first-order valence-electron chi connectivity index (χ1n) is 10.4. The summed E-state index contributed by atoms with van der Waals surface area (Å²) >= 11 is 0. The van der Waals surface area contributed by atoms with Crippen LogP contribution in [0.2, 0.25) is 0 Å². The number of Topliss-reactive ketones (excluding diaryl/α,β-unsaturated/α-hetero) is 1. The number of hydrogen-bond acceptors (Lipinski definition) is 6. The van der Waals surface area contributed by atoms with Crippen molar-refractivity contribution in [3.05, 3.63) is 41.4 Å². The number of nitrogens with zero attached hydrogens (tertiary/aromatic N) is 2. The third kappa shape index (κ3) is 4.64. The summed E-state index contributed by atoms with van der Waals surface area (Å²) in [6, 6.07) is 3.74. The molecule has 1 fully saturated rings. The second-order valence-electron chi connectivity index (χ2n) is 8.46. The second kappa shape index (κ2) is 8.99. The summed E-state index contributed by atoms with van der Waals surface area (Å²) in [5, 5.41) is 0. The van der Waals surface area contributed by atoms with E-state index in [0.717, 1.165) is 17.7 Å². The zero-order valence-corrected chi connectivity index (χ0v) is 17.7. The summed E-state index contributed by atoms with van der Waals surface area (Å²) in [5.74, 6) is -1.22. The van der Waals surface area contributed by atoms with E-state index in [2.05, 4.69) is 18.8 Å². The number of carbonyl (C=O) groups is 2. The van der Waals surface area contributed by atoms with Gasteiger partial charge in [-0.3, -0.25) is 14.8 Å². The van der Waals surface area contributed by atoms with Gasteiger partial charge in [0.1, 0.15) is 5.78 Å². The highest BCUT2D eigenvalue weighted by molar-refractivity contribution is 6.12. The molecule has 2 aliphatic rings. The van der Waals surface area contributed by atoms with E-state index in [1.54, 1.807) is 19.3 Å². The zero-order chi connectivity index (χ0) is 21.0. The third-order valence-electron chi connectivity index (χ3n) is 5.38. The van der Waals surface area contributed by atoms with Crippen LogP contribution in [0.15, 0.2) is 40.8 Å². The average Bonchev–Trinajstić information content (AvgIpc) is 2.67. The van der Waals surface area contributed by atoms with Crippen LogP contribution in [0.4, 0.5) is 0 Å². The lowest BCUT2D eigenvalue weighted by Crippen LogP contribution is -2.44. The van der Waals surface area contributed by atoms with Crippen molar-refractivity contribution < 1.29 is 19.1 Å². The van der Waals surface area contributed by atoms with E-state index in [-0.39, 0.29) is 24.4 Å². The topological polar surface area (TPSA) is 77.9 Å². The highest BCUT2D eigenvalue weighted by Crippen LogP contribution is 2.46. The Labute approximate surface area is 172 Å². The van der Waals surface area contributed by atoms with Gasteiger partial charge in [0, 0.05) is 37.1 Å². The molecule has 6 heteroatoms. The van der Waals surface area contributed by atoms with Gasteiger partial charge in [0.15, 0.2) is 0 Å². The monoisotopic (exact) mass is 398 g/mol. The van der Waals surface area contributed by atoms with Gasteiger partial charge >= 0.3 is 5.97 Å². The molecule has 0 bridgehead atoms. The summed E-state index contributed by atoms with van der Waals surface area (Å²) < 4.78 is 11.1. The van der Waals surface area contributed by atoms with E-state index in [1.165, 1.54) is 0 Å². The number of rotatable bonds is 7. The Hall–Kier alpha value is -2.34. The number of aliphatic imine (C=N–C) groups is 1. The smallest absolute Gasteiger partial charge is 0.336 e. The molecule has 0 saturated heterocycles. The highest BCUT2D eigenvalue weighted by atomic mass is 16.5. The van der Waals surface area contributed by atoms with Gasteiger partial charge in [-0.1, -0.05) is 26.8 Å². The van der Waals surface area contributed by atoms with Gasteiger partial charge in [0.05, 0.1) is 30.4 Å². The Kier molecular flexibility index (Phi) is 6.63. The minimum atomic E-state index is -0.457. The fraction of sp³-hybridized carbons (Fsp3) is 0.565. The summed E-state index contributed by atoms with van der Waals surface area (Å²) in [7, 11) is 0. The number of pyridine rings is 1. The van der Waals surface area contributed by atoms with E-state index in [4.69, 9.17) is 14.5 Å². The van der Waals surface area contributed by atoms with Crippen molar-refractivity contribution in [3.63, 3.8) is 0 Å². The Balaban J connectivity index is 2.15. The molecule has 0 amide bonds. The van der Waals surface area contributed by atoms with Gasteiger partial charge in [-0.2, -0.15) is 0 Å². The number of ether oxygens (including phenoxy) is 2. The number of esters is 1. The molecule has 2 atom stereocenters. The largest absolute Gasteiger partial charge is 0.463 e. The maximum Gasteiger partial charge on any atom is 0.336 e. The zero-order valence-electron chi connectivity index (χ0n) is 17.7. The standard InChI is InChI=1S/C23H30N2O4/c1-5-10-28-14-17-21(22(27)29-6-2)19(15-8-7-9-24-13-15)20-16(25-17)11-23(3,4)12-18(20)26/h7-9,13,19-20H,5-6,10-12,14H2,1-4H3. The Bertz CT molecular complexity index is 827. The van der Waals surface area contributed by atoms with Crippen LogP contribution in [-0.2, 0) is 19.1 Å². The van der Waals surface area contributed by atoms with Crippen LogP contribution < -0.4 is 0 Å². The number of hydrogen-bond donors (Lipinski definition) is 0. The number of carbonyl (C=O) groups excluding carboxylic acids is 2. The molecular weight excluding hydrogens is 368 g/mol. The molecule has 0 spiro atoms. The Morgan fingerprint density at radius 1 is 1.24 bits per heavy atom. The van der Waals surface area contributed by atoms with Crippen molar-refractivity contribution >= 4 is 17.5 Å². The van der Waals surface area contributed by atoms with E-state index < -0.39 is 17.8 Å².